The standard InChI is InChI=1S/C28H28F6N4O/c29-27(30,31)22-7-5-19(21(14-22)15-25(35)39)6-8-24-23(28(32,33)34)16-37-26(38-24)13-17-1-3-18(4-2-17)20-9-11-36-12-10-20/h1-5,7,14,16,20,36H,6,8-13,15H2,(H2,35,39). The SMILES string of the molecule is NC(=O)Cc1cc(C(F)(F)F)ccc1CCc1nc(Cc2ccc(C3CCNCC3)cc2)ncc1C(F)(F)F. The van der Waals surface area contributed by atoms with Crippen molar-refractivity contribution in [3.05, 3.63) is 93.6 Å². The first-order valence-corrected chi connectivity index (χ1v) is 12.6. The van der Waals surface area contributed by atoms with Crippen LogP contribution >= 0.6 is 0 Å². The van der Waals surface area contributed by atoms with Gasteiger partial charge in [-0.2, -0.15) is 26.3 Å². The van der Waals surface area contributed by atoms with Crippen molar-refractivity contribution in [1.29, 1.82) is 0 Å². The van der Waals surface area contributed by atoms with Gasteiger partial charge < -0.3 is 11.1 Å². The van der Waals surface area contributed by atoms with Gasteiger partial charge in [0.1, 0.15) is 5.82 Å². The molecule has 5 nitrogen and oxygen atoms in total. The van der Waals surface area contributed by atoms with Gasteiger partial charge in [-0.25, -0.2) is 9.97 Å². The van der Waals surface area contributed by atoms with Crippen LogP contribution in [0.4, 0.5) is 26.3 Å². The van der Waals surface area contributed by atoms with E-state index in [2.05, 4.69) is 15.3 Å². The summed E-state index contributed by atoms with van der Waals surface area (Å²) < 4.78 is 80.6. The van der Waals surface area contributed by atoms with Crippen LogP contribution in [0.25, 0.3) is 0 Å². The van der Waals surface area contributed by atoms with Crippen LogP contribution in [0.3, 0.4) is 0 Å². The molecule has 0 radical (unpaired) electrons. The van der Waals surface area contributed by atoms with Crippen molar-refractivity contribution in [3.63, 3.8) is 0 Å². The molecule has 1 aliphatic heterocycles. The summed E-state index contributed by atoms with van der Waals surface area (Å²) in [5.41, 5.74) is 5.35. The van der Waals surface area contributed by atoms with Crippen LogP contribution in [0.1, 0.15) is 63.7 Å². The van der Waals surface area contributed by atoms with Crippen LogP contribution < -0.4 is 11.1 Å². The maximum absolute atomic E-state index is 13.7. The molecule has 208 valence electrons. The van der Waals surface area contributed by atoms with Gasteiger partial charge in [0.25, 0.3) is 0 Å². The molecule has 1 aliphatic rings. The Labute approximate surface area is 221 Å². The van der Waals surface area contributed by atoms with E-state index in [4.69, 9.17) is 5.73 Å². The largest absolute Gasteiger partial charge is 0.419 e. The second-order valence-corrected chi connectivity index (χ2v) is 9.71. The lowest BCUT2D eigenvalue weighted by molar-refractivity contribution is -0.139. The van der Waals surface area contributed by atoms with E-state index in [-0.39, 0.29) is 36.3 Å². The average Bonchev–Trinajstić information content (AvgIpc) is 2.87. The number of amides is 1. The maximum Gasteiger partial charge on any atom is 0.419 e. The molecular weight excluding hydrogens is 522 g/mol. The molecule has 4 rings (SSSR count). The molecule has 0 saturated carbocycles. The number of halogens is 6. The van der Waals surface area contributed by atoms with Crippen molar-refractivity contribution in [2.75, 3.05) is 13.1 Å². The third-order valence-electron chi connectivity index (χ3n) is 6.90. The Morgan fingerprint density at radius 2 is 1.62 bits per heavy atom. The monoisotopic (exact) mass is 550 g/mol. The molecule has 0 bridgehead atoms. The predicted molar refractivity (Wildman–Crippen MR) is 133 cm³/mol. The lowest BCUT2D eigenvalue weighted by atomic mass is 9.89. The molecule has 2 aromatic carbocycles. The predicted octanol–water partition coefficient (Wildman–Crippen LogP) is 5.39. The fourth-order valence-electron chi connectivity index (χ4n) is 4.87. The lowest BCUT2D eigenvalue weighted by Crippen LogP contribution is -2.26. The zero-order chi connectivity index (χ0) is 28.2. The molecule has 1 aromatic heterocycles. The number of primary amides is 1. The number of rotatable bonds is 8. The van der Waals surface area contributed by atoms with Gasteiger partial charge in [-0.1, -0.05) is 30.3 Å². The van der Waals surface area contributed by atoms with E-state index in [1.54, 1.807) is 0 Å². The number of alkyl halides is 6. The Balaban J connectivity index is 1.55. The number of nitrogens with zero attached hydrogens (tertiary/aromatic N) is 2. The first-order valence-electron chi connectivity index (χ1n) is 12.6. The number of aryl methyl sites for hydroxylation is 2. The summed E-state index contributed by atoms with van der Waals surface area (Å²) in [7, 11) is 0. The first kappa shape index (κ1) is 28.5. The zero-order valence-electron chi connectivity index (χ0n) is 21.0. The number of carbonyl (C=O) groups is 1. The van der Waals surface area contributed by atoms with Crippen molar-refractivity contribution < 1.29 is 31.1 Å². The van der Waals surface area contributed by atoms with Crippen molar-refractivity contribution >= 4 is 5.91 Å². The minimum Gasteiger partial charge on any atom is -0.369 e. The number of hydrogen-bond acceptors (Lipinski definition) is 4. The highest BCUT2D eigenvalue weighted by Gasteiger charge is 2.35. The van der Waals surface area contributed by atoms with Crippen LogP contribution in [0.5, 0.6) is 0 Å². The van der Waals surface area contributed by atoms with Crippen molar-refractivity contribution in [2.24, 2.45) is 5.73 Å². The number of aromatic nitrogens is 2. The van der Waals surface area contributed by atoms with E-state index in [0.717, 1.165) is 49.8 Å². The van der Waals surface area contributed by atoms with E-state index in [1.165, 1.54) is 11.6 Å². The average molecular weight is 551 g/mol. The Kier molecular flexibility index (Phi) is 8.58. The van der Waals surface area contributed by atoms with E-state index < -0.39 is 35.8 Å². The topological polar surface area (TPSA) is 80.9 Å². The summed E-state index contributed by atoms with van der Waals surface area (Å²) in [5.74, 6) is -0.168. The number of hydrogen-bond donors (Lipinski definition) is 2. The van der Waals surface area contributed by atoms with Crippen LogP contribution in [0, 0.1) is 0 Å². The number of benzene rings is 2. The smallest absolute Gasteiger partial charge is 0.369 e. The summed E-state index contributed by atoms with van der Waals surface area (Å²) in [6.45, 7) is 1.93. The molecule has 1 saturated heterocycles. The van der Waals surface area contributed by atoms with E-state index >= 15 is 0 Å². The van der Waals surface area contributed by atoms with Crippen molar-refractivity contribution in [1.82, 2.24) is 15.3 Å². The third-order valence-corrected chi connectivity index (χ3v) is 6.90. The summed E-state index contributed by atoms with van der Waals surface area (Å²) in [6, 6.07) is 10.7. The second-order valence-electron chi connectivity index (χ2n) is 9.71. The molecule has 3 aromatic rings. The van der Waals surface area contributed by atoms with Gasteiger partial charge >= 0.3 is 12.4 Å². The van der Waals surface area contributed by atoms with Crippen LogP contribution in [0.15, 0.2) is 48.7 Å². The highest BCUT2D eigenvalue weighted by molar-refractivity contribution is 5.77. The summed E-state index contributed by atoms with van der Waals surface area (Å²) in [5, 5.41) is 3.33. The van der Waals surface area contributed by atoms with Crippen molar-refractivity contribution in [2.45, 2.75) is 56.8 Å². The van der Waals surface area contributed by atoms with Crippen LogP contribution in [0.2, 0.25) is 0 Å². The Morgan fingerprint density at radius 3 is 2.23 bits per heavy atom. The fourth-order valence-corrected chi connectivity index (χ4v) is 4.87. The maximum atomic E-state index is 13.7. The van der Waals surface area contributed by atoms with Crippen LogP contribution in [-0.4, -0.2) is 29.0 Å². The van der Waals surface area contributed by atoms with Crippen molar-refractivity contribution in [3.8, 4) is 0 Å². The normalized spacial score (nSPS) is 14.9. The highest BCUT2D eigenvalue weighted by Crippen LogP contribution is 2.33. The quantitative estimate of drug-likeness (QED) is 0.369. The minimum absolute atomic E-state index is 0.0222. The lowest BCUT2D eigenvalue weighted by Gasteiger charge is -2.23. The van der Waals surface area contributed by atoms with Gasteiger partial charge in [0.15, 0.2) is 0 Å². The zero-order valence-corrected chi connectivity index (χ0v) is 21.0. The minimum atomic E-state index is -4.71. The number of piperidine rings is 1. The summed E-state index contributed by atoms with van der Waals surface area (Å²) in [4.78, 5) is 19.6. The Hall–Kier alpha value is -3.47. The first-order chi connectivity index (χ1) is 18.4. The molecule has 0 aliphatic carbocycles. The summed E-state index contributed by atoms with van der Waals surface area (Å²) in [6.07, 6.45) is -7.02. The highest BCUT2D eigenvalue weighted by atomic mass is 19.4. The molecular formula is C28H28F6N4O. The van der Waals surface area contributed by atoms with Gasteiger partial charge in [0.2, 0.25) is 5.91 Å². The molecule has 1 fully saturated rings. The molecule has 2 heterocycles. The second kappa shape index (κ2) is 11.7. The molecule has 0 atom stereocenters. The summed E-state index contributed by atoms with van der Waals surface area (Å²) >= 11 is 0. The molecule has 1 amide bonds. The molecule has 39 heavy (non-hydrogen) atoms. The van der Waals surface area contributed by atoms with E-state index in [9.17, 15) is 31.1 Å². The van der Waals surface area contributed by atoms with Crippen LogP contribution in [-0.2, 0) is 42.8 Å². The van der Waals surface area contributed by atoms with Gasteiger partial charge in [0, 0.05) is 12.6 Å². The Morgan fingerprint density at radius 1 is 0.923 bits per heavy atom. The molecule has 11 heteroatoms. The van der Waals surface area contributed by atoms with Gasteiger partial charge in [-0.15, -0.1) is 0 Å². The molecule has 0 unspecified atom stereocenters. The van der Waals surface area contributed by atoms with Gasteiger partial charge in [-0.3, -0.25) is 4.79 Å². The van der Waals surface area contributed by atoms with E-state index in [1.807, 2.05) is 24.3 Å². The van der Waals surface area contributed by atoms with E-state index in [0.29, 0.717) is 11.5 Å². The fraction of sp³-hybridized carbons (Fsp3) is 0.393. The number of nitrogens with one attached hydrogen (secondary N) is 1. The Bertz CT molecular complexity index is 1300. The third kappa shape index (κ3) is 7.56. The molecule has 0 spiro atoms. The van der Waals surface area contributed by atoms with Gasteiger partial charge in [-0.05, 0) is 79.1 Å². The number of carbonyl (C=O) groups excluding carboxylic acids is 1. The van der Waals surface area contributed by atoms with Gasteiger partial charge in [0.05, 0.1) is 23.2 Å². The number of nitrogens with two attached hydrogens (primary N) is 1. The molecule has 3 N–H and O–H groups in total.